The van der Waals surface area contributed by atoms with Crippen LogP contribution in [0, 0.1) is 5.92 Å². The summed E-state index contributed by atoms with van der Waals surface area (Å²) >= 11 is 0. The monoisotopic (exact) mass is 370 g/mol. The highest BCUT2D eigenvalue weighted by molar-refractivity contribution is 5.87. The first-order valence-electron chi connectivity index (χ1n) is 8.83. The topological polar surface area (TPSA) is 154 Å². The lowest BCUT2D eigenvalue weighted by molar-refractivity contribution is -0.137. The van der Waals surface area contributed by atoms with Gasteiger partial charge in [0.1, 0.15) is 6.04 Å². The van der Waals surface area contributed by atoms with Gasteiger partial charge < -0.3 is 31.7 Å². The maximum absolute atomic E-state index is 13.1. The summed E-state index contributed by atoms with van der Waals surface area (Å²) in [7, 11) is 0. The van der Waals surface area contributed by atoms with Crippen LogP contribution in [-0.4, -0.2) is 77.0 Å². The molecular formula is C16H30N6O4. The van der Waals surface area contributed by atoms with Gasteiger partial charge in [-0.1, -0.05) is 13.8 Å². The Bertz CT molecular complexity index is 543. The van der Waals surface area contributed by atoms with Crippen LogP contribution in [0.3, 0.4) is 0 Å². The summed E-state index contributed by atoms with van der Waals surface area (Å²) in [6, 6.07) is -1.48. The maximum Gasteiger partial charge on any atom is 0.407 e. The highest BCUT2D eigenvalue weighted by atomic mass is 16.4. The molecule has 26 heavy (non-hydrogen) atoms. The van der Waals surface area contributed by atoms with E-state index in [9.17, 15) is 19.5 Å². The molecule has 0 radical (unpaired) electrons. The molecule has 1 heterocycles. The van der Waals surface area contributed by atoms with Gasteiger partial charge in [0.25, 0.3) is 0 Å². The Labute approximate surface area is 153 Å². The zero-order valence-electron chi connectivity index (χ0n) is 15.6. The first kappa shape index (κ1) is 21.5. The third-order valence-corrected chi connectivity index (χ3v) is 4.27. The van der Waals surface area contributed by atoms with Crippen molar-refractivity contribution >= 4 is 23.9 Å². The van der Waals surface area contributed by atoms with Crippen LogP contribution in [0.1, 0.15) is 33.6 Å². The Balaban J connectivity index is 3.18. The number of carbonyl (C=O) groups is 3. The Morgan fingerprint density at radius 1 is 1.23 bits per heavy atom. The van der Waals surface area contributed by atoms with Crippen LogP contribution in [0.4, 0.5) is 4.79 Å². The molecule has 0 bridgehead atoms. The molecule has 0 saturated carbocycles. The number of nitrogens with zero attached hydrogens (tertiary/aromatic N) is 3. The summed E-state index contributed by atoms with van der Waals surface area (Å²) in [6.45, 7) is 6.52. The van der Waals surface area contributed by atoms with Gasteiger partial charge in [0, 0.05) is 39.0 Å². The number of hydrogen-bond donors (Lipinski definition) is 4. The van der Waals surface area contributed by atoms with E-state index in [0.29, 0.717) is 13.1 Å². The quantitative estimate of drug-likeness (QED) is 0.330. The minimum Gasteiger partial charge on any atom is -0.465 e. The zero-order chi connectivity index (χ0) is 19.9. The molecule has 1 fully saturated rings. The van der Waals surface area contributed by atoms with Gasteiger partial charge in [-0.3, -0.25) is 9.59 Å². The zero-order valence-corrected chi connectivity index (χ0v) is 15.6. The van der Waals surface area contributed by atoms with Crippen LogP contribution in [0.2, 0.25) is 0 Å². The van der Waals surface area contributed by atoms with Crippen molar-refractivity contribution in [2.45, 2.75) is 45.7 Å². The highest BCUT2D eigenvalue weighted by Crippen LogP contribution is 2.25. The first-order chi connectivity index (χ1) is 12.2. The van der Waals surface area contributed by atoms with Crippen molar-refractivity contribution < 1.29 is 19.5 Å². The fourth-order valence-electron chi connectivity index (χ4n) is 3.26. The molecule has 1 aliphatic rings. The van der Waals surface area contributed by atoms with E-state index in [4.69, 9.17) is 11.5 Å². The van der Waals surface area contributed by atoms with E-state index in [2.05, 4.69) is 10.3 Å². The van der Waals surface area contributed by atoms with Crippen molar-refractivity contribution in [2.75, 3.05) is 26.2 Å². The van der Waals surface area contributed by atoms with Gasteiger partial charge in [-0.15, -0.1) is 0 Å². The van der Waals surface area contributed by atoms with E-state index in [1.54, 1.807) is 4.90 Å². The van der Waals surface area contributed by atoms with Gasteiger partial charge in [0.2, 0.25) is 11.8 Å². The van der Waals surface area contributed by atoms with Gasteiger partial charge in [-0.2, -0.15) is 0 Å². The molecule has 0 aromatic rings. The minimum absolute atomic E-state index is 0.0690. The maximum atomic E-state index is 13.1. The van der Waals surface area contributed by atoms with Crippen LogP contribution in [0.5, 0.6) is 0 Å². The second-order valence-corrected chi connectivity index (χ2v) is 6.48. The number of nitrogens with two attached hydrogens (primary N) is 2. The molecule has 10 heteroatoms. The number of hydrogen-bond acceptors (Lipinski definition) is 4. The minimum atomic E-state index is -1.11. The molecule has 0 aromatic heterocycles. The van der Waals surface area contributed by atoms with Gasteiger partial charge in [0.05, 0.1) is 6.04 Å². The fourth-order valence-corrected chi connectivity index (χ4v) is 3.26. The second-order valence-electron chi connectivity index (χ2n) is 6.48. The number of amides is 3. The van der Waals surface area contributed by atoms with Crippen molar-refractivity contribution in [3.8, 4) is 0 Å². The molecule has 1 aliphatic heterocycles. The summed E-state index contributed by atoms with van der Waals surface area (Å²) in [6.07, 6.45) is 0.445. The van der Waals surface area contributed by atoms with Crippen molar-refractivity contribution in [2.24, 2.45) is 22.4 Å². The Kier molecular flexibility index (Phi) is 8.14. The van der Waals surface area contributed by atoms with Gasteiger partial charge in [0.15, 0.2) is 5.96 Å². The average molecular weight is 370 g/mol. The summed E-state index contributed by atoms with van der Waals surface area (Å²) in [5.74, 6) is -1.33. The van der Waals surface area contributed by atoms with Gasteiger partial charge in [-0.05, 0) is 12.8 Å². The predicted octanol–water partition coefficient (Wildman–Crippen LogP) is -0.608. The van der Waals surface area contributed by atoms with E-state index < -0.39 is 24.1 Å². The number of aliphatic imine (C=N–C) groups is 1. The summed E-state index contributed by atoms with van der Waals surface area (Å²) < 4.78 is 0. The van der Waals surface area contributed by atoms with Crippen LogP contribution in [0.15, 0.2) is 4.99 Å². The van der Waals surface area contributed by atoms with Crippen LogP contribution >= 0.6 is 0 Å². The molecule has 6 N–H and O–H groups in total. The lowest BCUT2D eigenvalue weighted by Gasteiger charge is -2.31. The molecule has 1 saturated heterocycles. The molecule has 3 atom stereocenters. The largest absolute Gasteiger partial charge is 0.465 e. The Morgan fingerprint density at radius 3 is 2.23 bits per heavy atom. The number of guanidine groups is 1. The van der Waals surface area contributed by atoms with Crippen LogP contribution in [-0.2, 0) is 9.59 Å². The molecule has 148 valence electrons. The molecule has 3 amide bonds. The van der Waals surface area contributed by atoms with E-state index in [1.165, 1.54) is 6.92 Å². The van der Waals surface area contributed by atoms with Crippen molar-refractivity contribution in [1.82, 2.24) is 15.1 Å². The van der Waals surface area contributed by atoms with E-state index in [0.717, 1.165) is 17.7 Å². The second kappa shape index (κ2) is 9.83. The predicted molar refractivity (Wildman–Crippen MR) is 97.5 cm³/mol. The molecule has 10 nitrogen and oxygen atoms in total. The third-order valence-electron chi connectivity index (χ3n) is 4.27. The smallest absolute Gasteiger partial charge is 0.407 e. The van der Waals surface area contributed by atoms with Crippen molar-refractivity contribution in [3.63, 3.8) is 0 Å². The summed E-state index contributed by atoms with van der Waals surface area (Å²) in [5.41, 5.74) is 10.9. The van der Waals surface area contributed by atoms with Crippen molar-refractivity contribution in [3.05, 3.63) is 0 Å². The molecule has 1 rings (SSSR count). The van der Waals surface area contributed by atoms with Crippen LogP contribution in [0.25, 0.3) is 0 Å². The Hall–Kier alpha value is -2.52. The number of rotatable bonds is 8. The Morgan fingerprint density at radius 2 is 1.81 bits per heavy atom. The van der Waals surface area contributed by atoms with Gasteiger partial charge in [-0.25, -0.2) is 9.79 Å². The number of likely N-dealkylation sites (tertiary alicyclic amines) is 1. The SMILES string of the molecule is CCCN(CCC)C(=O)C(NC(C)=O)[C@H]1CN(C(=O)O)C[C@@H]1N=C(N)N. The van der Waals surface area contributed by atoms with Crippen molar-refractivity contribution in [1.29, 1.82) is 0 Å². The molecule has 0 aromatic carbocycles. The highest BCUT2D eigenvalue weighted by Gasteiger charge is 2.44. The van der Waals surface area contributed by atoms with E-state index >= 15 is 0 Å². The average Bonchev–Trinajstić information content (AvgIpc) is 2.94. The summed E-state index contributed by atoms with van der Waals surface area (Å²) in [5, 5.41) is 12.0. The number of carbonyl (C=O) groups excluding carboxylic acids is 2. The normalized spacial score (nSPS) is 20.3. The number of nitrogens with one attached hydrogen (secondary N) is 1. The van der Waals surface area contributed by atoms with E-state index in [1.807, 2.05) is 13.8 Å². The lowest BCUT2D eigenvalue weighted by Crippen LogP contribution is -2.54. The van der Waals surface area contributed by atoms with Crippen LogP contribution < -0.4 is 16.8 Å². The molecule has 1 unspecified atom stereocenters. The molecular weight excluding hydrogens is 340 g/mol. The van der Waals surface area contributed by atoms with E-state index in [-0.39, 0.29) is 30.9 Å². The lowest BCUT2D eigenvalue weighted by atomic mass is 9.93. The first-order valence-corrected chi connectivity index (χ1v) is 8.83. The standard InChI is InChI=1S/C16H30N6O4/c1-4-6-21(7-5-2)14(24)13(19-10(3)23)11-8-22(16(25)26)9-12(11)20-15(17)18/h11-13H,4-9H2,1-3H3,(H,19,23)(H,25,26)(H4,17,18,20)/t11-,12-,13?/m0/s1. The molecule has 0 spiro atoms. The van der Waals surface area contributed by atoms with Gasteiger partial charge >= 0.3 is 6.09 Å². The molecule has 0 aliphatic carbocycles. The summed E-state index contributed by atoms with van der Waals surface area (Å²) in [4.78, 5) is 43.1. The fraction of sp³-hybridized carbons (Fsp3) is 0.750. The number of carboxylic acid groups (broad SMARTS) is 1. The third kappa shape index (κ3) is 5.78.